The number of imidazole rings is 1. The van der Waals surface area contributed by atoms with Gasteiger partial charge in [-0.2, -0.15) is 0 Å². The lowest BCUT2D eigenvalue weighted by Crippen LogP contribution is -2.39. The molecule has 4 aromatic heterocycles. The van der Waals surface area contributed by atoms with Crippen molar-refractivity contribution in [3.05, 3.63) is 68.1 Å². The van der Waals surface area contributed by atoms with E-state index in [9.17, 15) is 24.4 Å². The fourth-order valence-electron chi connectivity index (χ4n) is 5.42. The molecule has 4 aromatic rings. The molecule has 6 N–H and O–H groups in total. The Morgan fingerprint density at radius 1 is 1.22 bits per heavy atom. The molecule has 2 fully saturated rings. The van der Waals surface area contributed by atoms with Gasteiger partial charge in [-0.3, -0.25) is 28.0 Å². The van der Waals surface area contributed by atoms with Crippen LogP contribution in [0.25, 0.3) is 11.2 Å². The summed E-state index contributed by atoms with van der Waals surface area (Å²) in [6.07, 6.45) is -2.35. The molecule has 0 amide bonds. The number of nitrogen functional groups attached to an aromatic ring is 1. The maximum Gasteiger partial charge on any atom is 0.405 e. The highest BCUT2D eigenvalue weighted by Crippen LogP contribution is 2.49. The average molecular weight is 681 g/mol. The van der Waals surface area contributed by atoms with Gasteiger partial charge in [0.2, 0.25) is 0 Å². The highest BCUT2D eigenvalue weighted by molar-refractivity contribution is 7.51. The summed E-state index contributed by atoms with van der Waals surface area (Å²) in [5, 5.41) is 25.9. The Hall–Kier alpha value is -3.36. The van der Waals surface area contributed by atoms with Gasteiger partial charge in [0.1, 0.15) is 48.6 Å². The Labute approximate surface area is 264 Å². The molecule has 0 bridgehead atoms. The Morgan fingerprint density at radius 2 is 2.07 bits per heavy atom. The first-order chi connectivity index (χ1) is 22.2. The molecule has 0 spiro atoms. The zero-order valence-electron chi connectivity index (χ0n) is 24.4. The standard InChI is InChI=1S/C26H33N8O10PS/c1-40-22-21(37)17(43-25(22)33-7-5-18(36)32-26(33)38)11-41-45(39,31-6-4-14-3-2-8-46-14)44-15-9-19(42-16(15)10-35)34-13-30-20-23(27)28-12-29-24(20)34/h2-3,5,7-8,12-13,15-17,19,21-22,25,35,37H,4,6,9-11H2,1H3,(H,31,39)(H2,27,28,29)(H,32,36,38). The quantitative estimate of drug-likeness (QED) is 0.116. The number of H-pyrrole nitrogens is 1. The van der Waals surface area contributed by atoms with E-state index in [0.717, 1.165) is 15.5 Å². The summed E-state index contributed by atoms with van der Waals surface area (Å²) in [7, 11) is -2.83. The number of thiophene rings is 1. The van der Waals surface area contributed by atoms with E-state index in [1.54, 1.807) is 4.57 Å². The molecular formula is C26H33N8O10PS. The molecule has 248 valence electrons. The smallest absolute Gasteiger partial charge is 0.394 e. The normalized spacial score (nSPS) is 27.8. The largest absolute Gasteiger partial charge is 0.405 e. The number of methoxy groups -OCH3 is 1. The van der Waals surface area contributed by atoms with Crippen LogP contribution in [0.5, 0.6) is 0 Å². The number of ether oxygens (including phenoxy) is 3. The number of aromatic nitrogens is 6. The minimum atomic E-state index is -4.17. The molecule has 0 radical (unpaired) electrons. The third-order valence-corrected chi connectivity index (χ3v) is 10.3. The van der Waals surface area contributed by atoms with Gasteiger partial charge >= 0.3 is 13.4 Å². The van der Waals surface area contributed by atoms with E-state index in [4.69, 9.17) is 29.0 Å². The summed E-state index contributed by atoms with van der Waals surface area (Å²) in [5.74, 6) is 0.195. The Morgan fingerprint density at radius 3 is 2.80 bits per heavy atom. The third kappa shape index (κ3) is 6.70. The fraction of sp³-hybridized carbons (Fsp3) is 0.500. The van der Waals surface area contributed by atoms with Crippen LogP contribution in [-0.4, -0.2) is 96.7 Å². The first-order valence-electron chi connectivity index (χ1n) is 14.3. The van der Waals surface area contributed by atoms with Crippen LogP contribution in [0, 0.1) is 0 Å². The van der Waals surface area contributed by atoms with Crippen molar-refractivity contribution >= 4 is 36.1 Å². The first kappa shape index (κ1) is 32.6. The fourth-order valence-corrected chi connectivity index (χ4v) is 7.67. The van der Waals surface area contributed by atoms with E-state index >= 15 is 0 Å². The third-order valence-electron chi connectivity index (χ3n) is 7.71. The van der Waals surface area contributed by atoms with E-state index in [1.165, 1.54) is 37.3 Å². The molecule has 8 atom stereocenters. The van der Waals surface area contributed by atoms with E-state index in [-0.39, 0.29) is 18.8 Å². The van der Waals surface area contributed by atoms with Crippen LogP contribution in [0.1, 0.15) is 23.8 Å². The Kier molecular flexibility index (Phi) is 9.76. The summed E-state index contributed by atoms with van der Waals surface area (Å²) >= 11 is 1.54. The number of rotatable bonds is 13. The second-order valence-corrected chi connectivity index (χ2v) is 13.4. The monoisotopic (exact) mass is 680 g/mol. The van der Waals surface area contributed by atoms with Gasteiger partial charge in [-0.1, -0.05) is 6.07 Å². The van der Waals surface area contributed by atoms with Crippen LogP contribution in [-0.2, 0) is 34.2 Å². The molecule has 18 nitrogen and oxygen atoms in total. The van der Waals surface area contributed by atoms with Crippen molar-refractivity contribution in [2.24, 2.45) is 0 Å². The highest BCUT2D eigenvalue weighted by Gasteiger charge is 2.47. The summed E-state index contributed by atoms with van der Waals surface area (Å²) in [6, 6.07) is 4.98. The predicted molar refractivity (Wildman–Crippen MR) is 162 cm³/mol. The van der Waals surface area contributed by atoms with Crippen LogP contribution < -0.4 is 22.1 Å². The van der Waals surface area contributed by atoms with Gasteiger partial charge in [0.15, 0.2) is 17.7 Å². The van der Waals surface area contributed by atoms with Gasteiger partial charge in [-0.15, -0.1) is 11.3 Å². The van der Waals surface area contributed by atoms with Crippen molar-refractivity contribution < 1.29 is 38.0 Å². The van der Waals surface area contributed by atoms with Gasteiger partial charge in [0, 0.05) is 37.2 Å². The van der Waals surface area contributed by atoms with Crippen LogP contribution in [0.15, 0.2) is 52.0 Å². The lowest BCUT2D eigenvalue weighted by molar-refractivity contribution is -0.0634. The van der Waals surface area contributed by atoms with Crippen molar-refractivity contribution in [1.29, 1.82) is 0 Å². The molecule has 0 aliphatic carbocycles. The van der Waals surface area contributed by atoms with Crippen molar-refractivity contribution in [2.75, 3.05) is 32.6 Å². The minimum Gasteiger partial charge on any atom is -0.394 e. The zero-order chi connectivity index (χ0) is 32.4. The number of aliphatic hydroxyl groups excluding tert-OH is 2. The molecule has 6 rings (SSSR count). The van der Waals surface area contributed by atoms with E-state index < -0.39 is 75.2 Å². The molecule has 20 heteroatoms. The maximum absolute atomic E-state index is 14.3. The first-order valence-corrected chi connectivity index (χ1v) is 16.7. The molecule has 46 heavy (non-hydrogen) atoms. The number of aromatic amines is 1. The van der Waals surface area contributed by atoms with Crippen molar-refractivity contribution in [1.82, 2.24) is 34.2 Å². The lowest BCUT2D eigenvalue weighted by Gasteiger charge is -2.26. The SMILES string of the molecule is COC1C(O)C(COP(=O)(NCCc2cccs2)OC2CC(n3cnc4c(N)ncnc43)OC2CO)OC1n1ccc(=O)[nH]c1=O. The Balaban J connectivity index is 1.19. The Bertz CT molecular complexity index is 1800. The molecule has 2 saturated heterocycles. The zero-order valence-corrected chi connectivity index (χ0v) is 26.2. The second-order valence-electron chi connectivity index (χ2n) is 10.6. The number of hydrogen-bond acceptors (Lipinski definition) is 15. The average Bonchev–Trinajstić information content (AvgIpc) is 3.83. The van der Waals surface area contributed by atoms with E-state index in [1.807, 2.05) is 17.5 Å². The summed E-state index contributed by atoms with van der Waals surface area (Å²) < 4.78 is 46.2. The van der Waals surface area contributed by atoms with Crippen LogP contribution in [0.2, 0.25) is 0 Å². The van der Waals surface area contributed by atoms with E-state index in [0.29, 0.717) is 17.6 Å². The van der Waals surface area contributed by atoms with Gasteiger partial charge < -0.3 is 30.2 Å². The lowest BCUT2D eigenvalue weighted by atomic mass is 10.1. The van der Waals surface area contributed by atoms with Crippen molar-refractivity contribution in [2.45, 2.75) is 55.8 Å². The minimum absolute atomic E-state index is 0.145. The number of aliphatic hydroxyl groups is 2. The number of nitrogens with two attached hydrogens (primary N) is 1. The van der Waals surface area contributed by atoms with Crippen LogP contribution in [0.3, 0.4) is 0 Å². The highest BCUT2D eigenvalue weighted by atomic mass is 32.1. The van der Waals surface area contributed by atoms with E-state index in [2.05, 4.69) is 25.0 Å². The predicted octanol–water partition coefficient (Wildman–Crippen LogP) is -0.0845. The molecule has 0 saturated carbocycles. The van der Waals surface area contributed by atoms with Gasteiger partial charge in [0.25, 0.3) is 5.56 Å². The molecule has 2 aliphatic rings. The van der Waals surface area contributed by atoms with Gasteiger partial charge in [0.05, 0.1) is 19.5 Å². The second kappa shape index (κ2) is 13.8. The number of nitrogens with zero attached hydrogens (tertiary/aromatic N) is 5. The topological polar surface area (TPSA) is 240 Å². The molecule has 0 aromatic carbocycles. The molecule has 8 unspecified atom stereocenters. The summed E-state index contributed by atoms with van der Waals surface area (Å²) in [4.78, 5) is 39.6. The van der Waals surface area contributed by atoms with Crippen LogP contribution in [0.4, 0.5) is 5.82 Å². The maximum atomic E-state index is 14.3. The number of anilines is 1. The molecular weight excluding hydrogens is 647 g/mol. The van der Waals surface area contributed by atoms with Crippen molar-refractivity contribution in [3.63, 3.8) is 0 Å². The van der Waals surface area contributed by atoms with Crippen LogP contribution >= 0.6 is 19.1 Å². The number of fused-ring (bicyclic) bond motifs is 1. The molecule has 2 aliphatic heterocycles. The number of nitrogens with one attached hydrogen (secondary N) is 2. The summed E-state index contributed by atoms with van der Waals surface area (Å²) in [6.45, 7) is -0.664. The van der Waals surface area contributed by atoms with Gasteiger partial charge in [-0.05, 0) is 17.9 Å². The van der Waals surface area contributed by atoms with Gasteiger partial charge in [-0.25, -0.2) is 29.4 Å². The summed E-state index contributed by atoms with van der Waals surface area (Å²) in [5.41, 5.74) is 5.36. The van der Waals surface area contributed by atoms with Crippen molar-refractivity contribution in [3.8, 4) is 0 Å². The molecule has 6 heterocycles. The number of hydrogen-bond donors (Lipinski definition) is 5.